The van der Waals surface area contributed by atoms with Crippen molar-refractivity contribution in [2.24, 2.45) is 5.92 Å². The molecule has 35 heavy (non-hydrogen) atoms. The number of carboxylic acids is 1. The molecule has 1 aliphatic heterocycles. The second-order valence-corrected chi connectivity index (χ2v) is 10.2. The zero-order valence-corrected chi connectivity index (χ0v) is 20.6. The molecule has 0 bridgehead atoms. The van der Waals surface area contributed by atoms with E-state index in [-0.39, 0.29) is 18.5 Å². The normalized spacial score (nSPS) is 26.7. The lowest BCUT2D eigenvalue weighted by atomic mass is 9.70. The molecule has 2 aromatic carbocycles. The lowest BCUT2D eigenvalue weighted by molar-refractivity contribution is -0.141. The highest BCUT2D eigenvalue weighted by atomic mass is 16.5. The molecule has 1 heterocycles. The van der Waals surface area contributed by atoms with Crippen molar-refractivity contribution in [3.8, 4) is 0 Å². The molecular formula is C28H36N2O5. The molecule has 0 aromatic heterocycles. The Morgan fingerprint density at radius 2 is 1.71 bits per heavy atom. The summed E-state index contributed by atoms with van der Waals surface area (Å²) in [4.78, 5) is 26.0. The van der Waals surface area contributed by atoms with Crippen LogP contribution in [0.15, 0.2) is 54.6 Å². The third-order valence-electron chi connectivity index (χ3n) is 7.89. The Bertz CT molecular complexity index is 995. The van der Waals surface area contributed by atoms with Crippen LogP contribution in [0.4, 0.5) is 4.79 Å². The smallest absolute Gasteiger partial charge is 0.408 e. The van der Waals surface area contributed by atoms with Gasteiger partial charge in [-0.25, -0.2) is 9.59 Å². The number of carbonyl (C=O) groups is 2. The topological polar surface area (TPSA) is 90.3 Å². The predicted molar refractivity (Wildman–Crippen MR) is 133 cm³/mol. The zero-order valence-electron chi connectivity index (χ0n) is 20.6. The van der Waals surface area contributed by atoms with Gasteiger partial charge in [0.25, 0.3) is 0 Å². The van der Waals surface area contributed by atoms with Crippen molar-refractivity contribution in [3.63, 3.8) is 0 Å². The highest BCUT2D eigenvalue weighted by Crippen LogP contribution is 2.43. The first kappa shape index (κ1) is 25.2. The van der Waals surface area contributed by atoms with E-state index >= 15 is 0 Å². The fraction of sp³-hybridized carbons (Fsp3) is 0.500. The average molecular weight is 481 g/mol. The Kier molecular flexibility index (Phi) is 7.77. The number of nitrogens with zero attached hydrogens (tertiary/aromatic N) is 2. The molecule has 7 heteroatoms. The molecule has 0 spiro atoms. The summed E-state index contributed by atoms with van der Waals surface area (Å²) in [5.74, 6) is -0.489. The van der Waals surface area contributed by atoms with Crippen LogP contribution in [0.3, 0.4) is 0 Å². The van der Waals surface area contributed by atoms with Gasteiger partial charge in [-0.3, -0.25) is 9.80 Å². The third kappa shape index (κ3) is 5.68. The van der Waals surface area contributed by atoms with Crippen molar-refractivity contribution in [1.82, 2.24) is 9.80 Å². The van der Waals surface area contributed by atoms with Gasteiger partial charge in [0.1, 0.15) is 6.04 Å². The molecule has 4 rings (SSSR count). The highest BCUT2D eigenvalue weighted by Gasteiger charge is 2.40. The molecule has 2 aromatic rings. The van der Waals surface area contributed by atoms with Gasteiger partial charge in [0, 0.05) is 12.0 Å². The SMILES string of the molecule is CN(C)C1(c2ccccc2)CCC(Cc2cccc(CO[C@H]3C[C@@H](C(=O)O)N(C(=O)O)C3)c2)CC1. The standard InChI is InChI=1S/C28H36N2O5/c1-29(2)28(23-9-4-3-5-10-23)13-11-20(12-14-28)15-21-7-6-8-22(16-21)19-35-24-17-25(26(31)32)30(18-24)27(33)34/h3-10,16,20,24-25H,11-15,17-19H2,1-2H3,(H,31,32)(H,33,34)/t20?,24-,25-,28?/m0/s1. The number of amides is 1. The van der Waals surface area contributed by atoms with E-state index in [4.69, 9.17) is 4.74 Å². The molecule has 1 aliphatic carbocycles. The van der Waals surface area contributed by atoms with Gasteiger partial charge in [0.2, 0.25) is 0 Å². The number of aliphatic carboxylic acids is 1. The van der Waals surface area contributed by atoms with Crippen LogP contribution in [0.2, 0.25) is 0 Å². The summed E-state index contributed by atoms with van der Waals surface area (Å²) < 4.78 is 5.92. The van der Waals surface area contributed by atoms with Crippen LogP contribution < -0.4 is 0 Å². The van der Waals surface area contributed by atoms with Gasteiger partial charge in [-0.1, -0.05) is 54.6 Å². The molecule has 2 fully saturated rings. The Balaban J connectivity index is 1.32. The lowest BCUT2D eigenvalue weighted by Gasteiger charge is -2.45. The molecule has 2 atom stereocenters. The number of benzene rings is 2. The van der Waals surface area contributed by atoms with Crippen LogP contribution in [0.1, 0.15) is 48.8 Å². The van der Waals surface area contributed by atoms with Gasteiger partial charge >= 0.3 is 12.1 Å². The van der Waals surface area contributed by atoms with E-state index in [1.54, 1.807) is 0 Å². The summed E-state index contributed by atoms with van der Waals surface area (Å²) in [6.45, 7) is 0.434. The average Bonchev–Trinajstić information content (AvgIpc) is 3.29. The van der Waals surface area contributed by atoms with Crippen LogP contribution >= 0.6 is 0 Å². The van der Waals surface area contributed by atoms with Crippen molar-refractivity contribution < 1.29 is 24.5 Å². The maximum atomic E-state index is 11.4. The predicted octanol–water partition coefficient (Wildman–Crippen LogP) is 4.60. The van der Waals surface area contributed by atoms with Crippen molar-refractivity contribution in [2.45, 2.75) is 62.8 Å². The Morgan fingerprint density at radius 1 is 1.03 bits per heavy atom. The molecule has 2 aliphatic rings. The first-order chi connectivity index (χ1) is 16.8. The second-order valence-electron chi connectivity index (χ2n) is 10.2. The maximum Gasteiger partial charge on any atom is 0.408 e. The van der Waals surface area contributed by atoms with Crippen LogP contribution in [-0.2, 0) is 28.1 Å². The first-order valence-corrected chi connectivity index (χ1v) is 12.4. The summed E-state index contributed by atoms with van der Waals surface area (Å²) in [5, 5.41) is 18.6. The van der Waals surface area contributed by atoms with E-state index in [0.29, 0.717) is 12.5 Å². The van der Waals surface area contributed by atoms with Gasteiger partial charge < -0.3 is 14.9 Å². The fourth-order valence-electron chi connectivity index (χ4n) is 5.86. The highest BCUT2D eigenvalue weighted by molar-refractivity contribution is 5.80. The van der Waals surface area contributed by atoms with Gasteiger partial charge in [0.15, 0.2) is 0 Å². The Labute approximate surface area is 207 Å². The van der Waals surface area contributed by atoms with Gasteiger partial charge in [0.05, 0.1) is 19.3 Å². The summed E-state index contributed by atoms with van der Waals surface area (Å²) in [6.07, 6.45) is 4.22. The van der Waals surface area contributed by atoms with E-state index in [9.17, 15) is 19.8 Å². The van der Waals surface area contributed by atoms with Crippen LogP contribution in [0, 0.1) is 5.92 Å². The molecule has 1 saturated carbocycles. The molecule has 1 saturated heterocycles. The van der Waals surface area contributed by atoms with Gasteiger partial charge in [-0.05, 0) is 68.8 Å². The summed E-state index contributed by atoms with van der Waals surface area (Å²) >= 11 is 0. The van der Waals surface area contributed by atoms with Crippen molar-refractivity contribution >= 4 is 12.1 Å². The van der Waals surface area contributed by atoms with Crippen molar-refractivity contribution in [1.29, 1.82) is 0 Å². The number of hydrogen-bond donors (Lipinski definition) is 2. The molecular weight excluding hydrogens is 444 g/mol. The van der Waals surface area contributed by atoms with E-state index in [2.05, 4.69) is 61.5 Å². The molecule has 1 amide bonds. The number of ether oxygens (including phenoxy) is 1. The summed E-state index contributed by atoms with van der Waals surface area (Å²) in [7, 11) is 4.38. The molecule has 0 unspecified atom stereocenters. The number of carboxylic acid groups (broad SMARTS) is 2. The van der Waals surface area contributed by atoms with Crippen LogP contribution in [-0.4, -0.2) is 64.9 Å². The monoisotopic (exact) mass is 480 g/mol. The van der Waals surface area contributed by atoms with Gasteiger partial charge in [-0.15, -0.1) is 0 Å². The number of likely N-dealkylation sites (tertiary alicyclic amines) is 1. The van der Waals surface area contributed by atoms with E-state index in [0.717, 1.165) is 29.7 Å². The molecule has 0 radical (unpaired) electrons. The minimum Gasteiger partial charge on any atom is -0.480 e. The summed E-state index contributed by atoms with van der Waals surface area (Å²) in [6, 6.07) is 18.2. The number of hydrogen-bond acceptors (Lipinski definition) is 4. The van der Waals surface area contributed by atoms with E-state index < -0.39 is 24.2 Å². The zero-order chi connectivity index (χ0) is 25.0. The summed E-state index contributed by atoms with van der Waals surface area (Å²) in [5.41, 5.74) is 3.83. The molecule has 7 nitrogen and oxygen atoms in total. The number of rotatable bonds is 8. The van der Waals surface area contributed by atoms with Crippen molar-refractivity contribution in [2.75, 3.05) is 20.6 Å². The van der Waals surface area contributed by atoms with Gasteiger partial charge in [-0.2, -0.15) is 0 Å². The molecule has 188 valence electrons. The Hall–Kier alpha value is -2.90. The molecule has 2 N–H and O–H groups in total. The lowest BCUT2D eigenvalue weighted by Crippen LogP contribution is -2.44. The van der Waals surface area contributed by atoms with E-state index in [1.807, 2.05) is 12.1 Å². The van der Waals surface area contributed by atoms with Crippen LogP contribution in [0.25, 0.3) is 0 Å². The minimum absolute atomic E-state index is 0.0864. The first-order valence-electron chi connectivity index (χ1n) is 12.4. The second kappa shape index (κ2) is 10.8. The quantitative estimate of drug-likeness (QED) is 0.574. The van der Waals surface area contributed by atoms with Crippen molar-refractivity contribution in [3.05, 3.63) is 71.3 Å². The minimum atomic E-state index is -1.22. The fourth-order valence-corrected chi connectivity index (χ4v) is 5.86. The maximum absolute atomic E-state index is 11.4. The van der Waals surface area contributed by atoms with E-state index in [1.165, 1.54) is 24.0 Å². The van der Waals surface area contributed by atoms with Crippen LogP contribution in [0.5, 0.6) is 0 Å². The largest absolute Gasteiger partial charge is 0.480 e. The third-order valence-corrected chi connectivity index (χ3v) is 7.89. The Morgan fingerprint density at radius 3 is 2.31 bits per heavy atom.